The molecular weight excluding hydrogens is 266 g/mol. The number of hydrogen-bond acceptors (Lipinski definition) is 3. The lowest BCUT2D eigenvalue weighted by Gasteiger charge is -2.34. The van der Waals surface area contributed by atoms with E-state index in [4.69, 9.17) is 0 Å². The van der Waals surface area contributed by atoms with Crippen LogP contribution >= 0.6 is 0 Å². The Bertz CT molecular complexity index is 538. The van der Waals surface area contributed by atoms with Crippen LogP contribution in [-0.4, -0.2) is 33.3 Å². The van der Waals surface area contributed by atoms with Gasteiger partial charge in [0.1, 0.15) is 5.54 Å². The number of aromatic nitrogens is 1. The highest BCUT2D eigenvalue weighted by Crippen LogP contribution is 2.34. The molecular formula is C16H21N3O2. The number of nitrogens with one attached hydrogen (secondary N) is 1. The Balaban J connectivity index is 1.89. The number of rotatable bonds is 2. The second-order valence-electron chi connectivity index (χ2n) is 6.18. The van der Waals surface area contributed by atoms with Crippen molar-refractivity contribution in [1.82, 2.24) is 15.2 Å². The number of nitrogens with zero attached hydrogens (tertiary/aromatic N) is 2. The van der Waals surface area contributed by atoms with Crippen LogP contribution < -0.4 is 5.32 Å². The largest absolute Gasteiger partial charge is 0.342 e. The Hall–Kier alpha value is -1.91. The molecule has 1 aromatic rings. The van der Waals surface area contributed by atoms with Gasteiger partial charge in [-0.25, -0.2) is 0 Å². The molecule has 2 aliphatic rings. The summed E-state index contributed by atoms with van der Waals surface area (Å²) in [6, 6.07) is 3.75. The van der Waals surface area contributed by atoms with E-state index < -0.39 is 5.54 Å². The molecule has 21 heavy (non-hydrogen) atoms. The lowest BCUT2D eigenvalue weighted by atomic mass is 9.95. The van der Waals surface area contributed by atoms with E-state index >= 15 is 0 Å². The third kappa shape index (κ3) is 2.64. The first-order valence-corrected chi connectivity index (χ1v) is 7.62. The highest BCUT2D eigenvalue weighted by Gasteiger charge is 2.47. The predicted octanol–water partition coefficient (Wildman–Crippen LogP) is 1.63. The maximum absolute atomic E-state index is 13.0. The Kier molecular flexibility index (Phi) is 3.66. The smallest absolute Gasteiger partial charge is 0.248 e. The zero-order valence-corrected chi connectivity index (χ0v) is 12.3. The summed E-state index contributed by atoms with van der Waals surface area (Å²) >= 11 is 0. The summed E-state index contributed by atoms with van der Waals surface area (Å²) in [6.45, 7) is 2.46. The minimum absolute atomic E-state index is 0.00793. The third-order valence-electron chi connectivity index (χ3n) is 4.59. The van der Waals surface area contributed by atoms with Gasteiger partial charge in [-0.2, -0.15) is 0 Å². The molecule has 1 aromatic heterocycles. The summed E-state index contributed by atoms with van der Waals surface area (Å²) in [5.41, 5.74) is 0.338. The van der Waals surface area contributed by atoms with E-state index in [9.17, 15) is 9.59 Å². The number of pyridine rings is 1. The van der Waals surface area contributed by atoms with Crippen LogP contribution in [0.1, 0.15) is 44.6 Å². The summed E-state index contributed by atoms with van der Waals surface area (Å²) in [4.78, 5) is 31.1. The average molecular weight is 287 g/mol. The molecule has 2 fully saturated rings. The Morgan fingerprint density at radius 1 is 1.38 bits per heavy atom. The van der Waals surface area contributed by atoms with Gasteiger partial charge in [-0.05, 0) is 31.4 Å². The Labute approximate surface area is 124 Å². The van der Waals surface area contributed by atoms with Crippen LogP contribution in [0.3, 0.4) is 0 Å². The van der Waals surface area contributed by atoms with Crippen molar-refractivity contribution < 1.29 is 9.59 Å². The summed E-state index contributed by atoms with van der Waals surface area (Å²) in [7, 11) is 0. The van der Waals surface area contributed by atoms with Crippen molar-refractivity contribution >= 4 is 11.8 Å². The van der Waals surface area contributed by atoms with Crippen molar-refractivity contribution in [3.05, 3.63) is 30.1 Å². The Morgan fingerprint density at radius 2 is 2.14 bits per heavy atom. The lowest BCUT2D eigenvalue weighted by Crippen LogP contribution is -2.55. The number of carbonyl (C=O) groups excluding carboxylic acids is 2. The molecule has 1 N–H and O–H groups in total. The molecule has 2 amide bonds. The quantitative estimate of drug-likeness (QED) is 0.899. The number of carbonyl (C=O) groups is 2. The van der Waals surface area contributed by atoms with Crippen LogP contribution in [0.25, 0.3) is 0 Å². The van der Waals surface area contributed by atoms with Gasteiger partial charge in [-0.1, -0.05) is 18.9 Å². The molecule has 1 saturated heterocycles. The number of hydrogen-bond donors (Lipinski definition) is 1. The van der Waals surface area contributed by atoms with Gasteiger partial charge in [0, 0.05) is 31.4 Å². The molecule has 1 atom stereocenters. The van der Waals surface area contributed by atoms with Crippen molar-refractivity contribution in [1.29, 1.82) is 0 Å². The summed E-state index contributed by atoms with van der Waals surface area (Å²) in [5.74, 6) is 0.0636. The lowest BCUT2D eigenvalue weighted by molar-refractivity contribution is -0.140. The highest BCUT2D eigenvalue weighted by molar-refractivity contribution is 5.94. The first kappa shape index (κ1) is 14.0. The van der Waals surface area contributed by atoms with E-state index in [1.807, 2.05) is 24.0 Å². The maximum Gasteiger partial charge on any atom is 0.248 e. The van der Waals surface area contributed by atoms with Crippen LogP contribution in [-0.2, 0) is 16.1 Å². The molecule has 2 heterocycles. The molecule has 112 valence electrons. The zero-order chi connectivity index (χ0) is 14.9. The first-order valence-electron chi connectivity index (χ1n) is 7.62. The minimum Gasteiger partial charge on any atom is -0.342 e. The summed E-state index contributed by atoms with van der Waals surface area (Å²) in [5, 5.41) is 3.00. The van der Waals surface area contributed by atoms with Crippen LogP contribution in [0.5, 0.6) is 0 Å². The molecule has 5 heteroatoms. The van der Waals surface area contributed by atoms with Crippen molar-refractivity contribution in [2.24, 2.45) is 0 Å². The topological polar surface area (TPSA) is 62.3 Å². The molecule has 5 nitrogen and oxygen atoms in total. The summed E-state index contributed by atoms with van der Waals surface area (Å²) < 4.78 is 0. The number of amides is 2. The van der Waals surface area contributed by atoms with Crippen LogP contribution in [0.2, 0.25) is 0 Å². The van der Waals surface area contributed by atoms with E-state index in [2.05, 4.69) is 10.3 Å². The van der Waals surface area contributed by atoms with Crippen LogP contribution in [0, 0.1) is 0 Å². The van der Waals surface area contributed by atoms with Crippen LogP contribution in [0.15, 0.2) is 24.5 Å². The van der Waals surface area contributed by atoms with Gasteiger partial charge in [0.15, 0.2) is 0 Å². The average Bonchev–Trinajstić information content (AvgIpc) is 2.91. The van der Waals surface area contributed by atoms with Gasteiger partial charge in [0.05, 0.1) is 0 Å². The molecule has 1 unspecified atom stereocenters. The SMILES string of the molecule is CC1CC(=O)NC2(CCCC2)C(=O)N1Cc1cccnc1. The normalized spacial score (nSPS) is 25.0. The second kappa shape index (κ2) is 5.47. The zero-order valence-electron chi connectivity index (χ0n) is 12.3. The molecule has 0 bridgehead atoms. The van der Waals surface area contributed by atoms with E-state index in [1.165, 1.54) is 0 Å². The molecule has 1 aliphatic carbocycles. The van der Waals surface area contributed by atoms with Crippen molar-refractivity contribution in [2.75, 3.05) is 0 Å². The molecule has 1 saturated carbocycles. The molecule has 0 radical (unpaired) electrons. The van der Waals surface area contributed by atoms with Gasteiger partial charge in [0.2, 0.25) is 11.8 Å². The second-order valence-corrected chi connectivity index (χ2v) is 6.18. The van der Waals surface area contributed by atoms with Crippen LogP contribution in [0.4, 0.5) is 0 Å². The monoisotopic (exact) mass is 287 g/mol. The van der Waals surface area contributed by atoms with E-state index in [1.54, 1.807) is 12.4 Å². The fraction of sp³-hybridized carbons (Fsp3) is 0.562. The molecule has 1 spiro atoms. The fourth-order valence-electron chi connectivity index (χ4n) is 3.46. The van der Waals surface area contributed by atoms with E-state index in [-0.39, 0.29) is 17.9 Å². The molecule has 1 aliphatic heterocycles. The molecule has 3 rings (SSSR count). The van der Waals surface area contributed by atoms with Crippen molar-refractivity contribution in [3.63, 3.8) is 0 Å². The standard InChI is InChI=1S/C16H21N3O2/c1-12-9-14(20)18-16(6-2-3-7-16)15(21)19(12)11-13-5-4-8-17-10-13/h4-5,8,10,12H,2-3,6-7,9,11H2,1H3,(H,18,20). The van der Waals surface area contributed by atoms with E-state index in [0.29, 0.717) is 13.0 Å². The van der Waals surface area contributed by atoms with E-state index in [0.717, 1.165) is 31.2 Å². The fourth-order valence-corrected chi connectivity index (χ4v) is 3.46. The van der Waals surface area contributed by atoms with Crippen molar-refractivity contribution in [2.45, 2.75) is 57.2 Å². The van der Waals surface area contributed by atoms with Gasteiger partial charge >= 0.3 is 0 Å². The minimum atomic E-state index is -0.663. The highest BCUT2D eigenvalue weighted by atomic mass is 16.2. The van der Waals surface area contributed by atoms with Gasteiger partial charge in [-0.15, -0.1) is 0 Å². The molecule has 0 aromatic carbocycles. The van der Waals surface area contributed by atoms with Gasteiger partial charge in [0.25, 0.3) is 0 Å². The first-order chi connectivity index (χ1) is 10.1. The van der Waals surface area contributed by atoms with Gasteiger partial charge < -0.3 is 10.2 Å². The third-order valence-corrected chi connectivity index (χ3v) is 4.59. The Morgan fingerprint density at radius 3 is 2.81 bits per heavy atom. The maximum atomic E-state index is 13.0. The predicted molar refractivity (Wildman–Crippen MR) is 78.2 cm³/mol. The van der Waals surface area contributed by atoms with Gasteiger partial charge in [-0.3, -0.25) is 14.6 Å². The summed E-state index contributed by atoms with van der Waals surface area (Å²) in [6.07, 6.45) is 7.39. The van der Waals surface area contributed by atoms with Crippen molar-refractivity contribution in [3.8, 4) is 0 Å².